The van der Waals surface area contributed by atoms with Crippen LogP contribution in [0.3, 0.4) is 0 Å². The summed E-state index contributed by atoms with van der Waals surface area (Å²) >= 11 is 4.77. The molecule has 0 saturated carbocycles. The first-order valence-corrected chi connectivity index (χ1v) is 10.2. The van der Waals surface area contributed by atoms with Gasteiger partial charge in [0.15, 0.2) is 0 Å². The summed E-state index contributed by atoms with van der Waals surface area (Å²) < 4.78 is 0. The monoisotopic (exact) mass is 468 g/mol. The Balaban J connectivity index is 5.00. The topological polar surface area (TPSA) is 225 Å². The number of amides is 3. The van der Waals surface area contributed by atoms with Crippen LogP contribution in [0, 0.1) is 0 Å². The summed E-state index contributed by atoms with van der Waals surface area (Å²) in [5, 5.41) is 32.6. The van der Waals surface area contributed by atoms with E-state index in [4.69, 9.17) is 21.1 Å². The minimum absolute atomic E-state index is 0.159. The molecule has 170 valence electrons. The summed E-state index contributed by atoms with van der Waals surface area (Å²) in [6.45, 7) is -0.708. The second-order valence-corrected chi connectivity index (χ2v) is 7.26. The lowest BCUT2D eigenvalue weighted by molar-refractivity contribution is -0.139. The predicted octanol–water partition coefficient (Wildman–Crippen LogP) is -2.90. The minimum atomic E-state index is -1.32. The lowest BCUT2D eigenvalue weighted by Gasteiger charge is -2.22. The van der Waals surface area contributed by atoms with Crippen molar-refractivity contribution in [2.75, 3.05) is 23.8 Å². The third-order valence-electron chi connectivity index (χ3n) is 3.38. The lowest BCUT2D eigenvalue weighted by Crippen LogP contribution is -2.57. The molecule has 0 aliphatic carbocycles. The van der Waals surface area contributed by atoms with Crippen molar-refractivity contribution in [1.82, 2.24) is 16.0 Å². The maximum absolute atomic E-state index is 12.4. The highest BCUT2D eigenvalue weighted by atomic mass is 32.2. The number of carboxylic acid groups (broad SMARTS) is 3. The van der Waals surface area contributed by atoms with Crippen LogP contribution in [0.5, 0.6) is 0 Å². The molecule has 3 atom stereocenters. The molecule has 0 fully saturated rings. The Morgan fingerprint density at radius 1 is 0.867 bits per heavy atom. The molecule has 0 aliphatic heterocycles. The molecule has 3 amide bonds. The van der Waals surface area contributed by atoms with E-state index in [1.54, 1.807) is 0 Å². The molecule has 0 radical (unpaired) electrons. The van der Waals surface area contributed by atoms with E-state index >= 15 is 0 Å². The lowest BCUT2D eigenvalue weighted by atomic mass is 10.1. The van der Waals surface area contributed by atoms with Crippen molar-refractivity contribution in [1.29, 1.82) is 0 Å². The average molecular weight is 469 g/mol. The van der Waals surface area contributed by atoms with Crippen LogP contribution in [-0.2, 0) is 28.8 Å². The third-order valence-corrected chi connectivity index (χ3v) is 4.76. The summed E-state index contributed by atoms with van der Waals surface area (Å²) in [5.41, 5.74) is 5.57. The van der Waals surface area contributed by atoms with Crippen LogP contribution in [0.4, 0.5) is 0 Å². The van der Waals surface area contributed by atoms with Gasteiger partial charge in [0.2, 0.25) is 17.7 Å². The normalized spacial score (nSPS) is 13.4. The molecule has 0 spiro atoms. The second-order valence-electron chi connectivity index (χ2n) is 5.86. The Bertz CT molecular complexity index is 662. The number of nitrogens with one attached hydrogen (secondary N) is 3. The zero-order valence-electron chi connectivity index (χ0n) is 15.7. The van der Waals surface area contributed by atoms with Crippen molar-refractivity contribution in [3.05, 3.63) is 0 Å². The van der Waals surface area contributed by atoms with Crippen molar-refractivity contribution >= 4 is 60.0 Å². The van der Waals surface area contributed by atoms with Crippen molar-refractivity contribution in [3.8, 4) is 0 Å². The van der Waals surface area contributed by atoms with Gasteiger partial charge in [0.1, 0.15) is 18.6 Å². The average Bonchev–Trinajstić information content (AvgIpc) is 2.66. The summed E-state index contributed by atoms with van der Waals surface area (Å²) in [6, 6.07) is -3.69. The van der Waals surface area contributed by atoms with Crippen molar-refractivity contribution in [3.63, 3.8) is 0 Å². The van der Waals surface area contributed by atoms with E-state index in [9.17, 15) is 28.8 Å². The molecular formula is C15H24N4O9S2. The number of hydrogen-bond acceptors (Lipinski definition) is 9. The molecule has 0 heterocycles. The number of carboxylic acids is 3. The highest BCUT2D eigenvalue weighted by Gasteiger charge is 2.28. The number of carbonyl (C=O) groups excluding carboxylic acids is 3. The predicted molar refractivity (Wildman–Crippen MR) is 108 cm³/mol. The van der Waals surface area contributed by atoms with Gasteiger partial charge in [0, 0.05) is 17.9 Å². The molecule has 0 aromatic heterocycles. The van der Waals surface area contributed by atoms with Gasteiger partial charge in [0.05, 0.1) is 11.8 Å². The van der Waals surface area contributed by atoms with Gasteiger partial charge in [-0.1, -0.05) is 0 Å². The first kappa shape index (κ1) is 27.5. The highest BCUT2D eigenvalue weighted by Crippen LogP contribution is 2.04. The smallest absolute Gasteiger partial charge is 0.322 e. The number of thiol groups is 1. The van der Waals surface area contributed by atoms with E-state index in [-0.39, 0.29) is 30.1 Å². The van der Waals surface area contributed by atoms with Crippen molar-refractivity contribution in [2.45, 2.75) is 31.0 Å². The Morgan fingerprint density at radius 2 is 1.47 bits per heavy atom. The van der Waals surface area contributed by atoms with E-state index in [0.29, 0.717) is 0 Å². The first-order chi connectivity index (χ1) is 14.0. The number of thioether (sulfide) groups is 1. The van der Waals surface area contributed by atoms with Crippen LogP contribution >= 0.6 is 24.4 Å². The highest BCUT2D eigenvalue weighted by molar-refractivity contribution is 8.00. The van der Waals surface area contributed by atoms with Gasteiger partial charge < -0.3 is 37.0 Å². The fourth-order valence-electron chi connectivity index (χ4n) is 1.89. The van der Waals surface area contributed by atoms with E-state index < -0.39 is 60.3 Å². The molecular weight excluding hydrogens is 444 g/mol. The van der Waals surface area contributed by atoms with Crippen molar-refractivity contribution in [2.24, 2.45) is 5.73 Å². The number of carbonyl (C=O) groups is 6. The van der Waals surface area contributed by atoms with Gasteiger partial charge >= 0.3 is 17.9 Å². The molecule has 0 rings (SSSR count). The van der Waals surface area contributed by atoms with E-state index in [1.165, 1.54) is 0 Å². The SMILES string of the molecule is N[C@@H](CCC(=O)O)C(=O)N[C@@H](CS)C(=O)N[C@@H](CSCC(=O)O)C(=O)NCC(=O)O. The van der Waals surface area contributed by atoms with Gasteiger partial charge in [-0.3, -0.25) is 28.8 Å². The van der Waals surface area contributed by atoms with E-state index in [0.717, 1.165) is 11.8 Å². The van der Waals surface area contributed by atoms with E-state index in [2.05, 4.69) is 28.6 Å². The first-order valence-electron chi connectivity index (χ1n) is 8.45. The standard InChI is InChI=1S/C15H24N4O9S2/c16-7(1-2-10(20)21)13(26)18-8(4-29)15(28)19-9(5-30-6-12(24)25)14(27)17-3-11(22)23/h7-9,29H,1-6,16H2,(H,17,27)(H,18,26)(H,19,28)(H,20,21)(H,22,23)(H,24,25)/t7-,8-,9-/m0/s1. The third kappa shape index (κ3) is 12.1. The summed E-state index contributed by atoms with van der Waals surface area (Å²) in [4.78, 5) is 68.3. The fourth-order valence-corrected chi connectivity index (χ4v) is 2.91. The Morgan fingerprint density at radius 3 is 1.97 bits per heavy atom. The number of hydrogen-bond donors (Lipinski definition) is 8. The number of aliphatic carboxylic acids is 3. The summed E-state index contributed by atoms with van der Waals surface area (Å²) in [6.07, 6.45) is -0.507. The Kier molecular flexibility index (Phi) is 13.2. The molecule has 0 saturated heterocycles. The summed E-state index contributed by atoms with van der Waals surface area (Å²) in [7, 11) is 0. The van der Waals surface area contributed by atoms with Crippen LogP contribution in [0.15, 0.2) is 0 Å². The Hall–Kier alpha value is -2.52. The zero-order chi connectivity index (χ0) is 23.3. The molecule has 13 nitrogen and oxygen atoms in total. The molecule has 8 N–H and O–H groups in total. The van der Waals surface area contributed by atoms with Crippen LogP contribution in [0.25, 0.3) is 0 Å². The van der Waals surface area contributed by atoms with Gasteiger partial charge in [-0.25, -0.2) is 0 Å². The Labute approximate surface area is 180 Å². The summed E-state index contributed by atoms with van der Waals surface area (Å²) in [5.74, 6) is -6.81. The molecule has 30 heavy (non-hydrogen) atoms. The number of nitrogens with two attached hydrogens (primary N) is 1. The van der Waals surface area contributed by atoms with Crippen LogP contribution in [0.2, 0.25) is 0 Å². The largest absolute Gasteiger partial charge is 0.481 e. The molecule has 0 aromatic rings. The molecule has 0 unspecified atom stereocenters. The van der Waals surface area contributed by atoms with Gasteiger partial charge in [-0.05, 0) is 6.42 Å². The van der Waals surface area contributed by atoms with E-state index in [1.807, 2.05) is 0 Å². The van der Waals surface area contributed by atoms with Crippen LogP contribution in [0.1, 0.15) is 12.8 Å². The molecule has 0 bridgehead atoms. The van der Waals surface area contributed by atoms with Crippen LogP contribution in [-0.4, -0.2) is 92.9 Å². The minimum Gasteiger partial charge on any atom is -0.481 e. The second kappa shape index (κ2) is 14.5. The molecule has 15 heteroatoms. The van der Waals surface area contributed by atoms with Crippen LogP contribution < -0.4 is 21.7 Å². The zero-order valence-corrected chi connectivity index (χ0v) is 17.4. The molecule has 0 aromatic carbocycles. The van der Waals surface area contributed by atoms with Gasteiger partial charge in [-0.15, -0.1) is 11.8 Å². The fraction of sp³-hybridized carbons (Fsp3) is 0.600. The molecule has 0 aliphatic rings. The number of rotatable bonds is 15. The van der Waals surface area contributed by atoms with Crippen molar-refractivity contribution < 1.29 is 44.1 Å². The van der Waals surface area contributed by atoms with Gasteiger partial charge in [0.25, 0.3) is 0 Å². The van der Waals surface area contributed by atoms with Gasteiger partial charge in [-0.2, -0.15) is 12.6 Å². The quantitative estimate of drug-likeness (QED) is 0.114. The maximum atomic E-state index is 12.4. The maximum Gasteiger partial charge on any atom is 0.322 e.